The normalized spacial score (nSPS) is 28.8. The van der Waals surface area contributed by atoms with Gasteiger partial charge >= 0.3 is 0 Å². The van der Waals surface area contributed by atoms with Gasteiger partial charge in [0.25, 0.3) is 0 Å². The Hall–Kier alpha value is -0.800. The highest BCUT2D eigenvalue weighted by molar-refractivity contribution is 5.05. The average Bonchev–Trinajstić information content (AvgIpc) is 2.62. The van der Waals surface area contributed by atoms with Crippen molar-refractivity contribution >= 4 is 0 Å². The number of furan rings is 1. The number of nitrogens with two attached hydrogens (primary N) is 1. The van der Waals surface area contributed by atoms with Crippen LogP contribution in [0.4, 0.5) is 0 Å². The van der Waals surface area contributed by atoms with Gasteiger partial charge in [0.05, 0.1) is 6.54 Å². The summed E-state index contributed by atoms with van der Waals surface area (Å²) >= 11 is 0. The van der Waals surface area contributed by atoms with Gasteiger partial charge in [0.15, 0.2) is 0 Å². The molecule has 0 amide bonds. The molecule has 2 atom stereocenters. The minimum absolute atomic E-state index is 0.00590. The summed E-state index contributed by atoms with van der Waals surface area (Å²) in [6.07, 6.45) is 4.90. The van der Waals surface area contributed by atoms with Crippen LogP contribution in [0.25, 0.3) is 0 Å². The van der Waals surface area contributed by atoms with Crippen LogP contribution in [0.2, 0.25) is 0 Å². The van der Waals surface area contributed by atoms with Crippen LogP contribution >= 0.6 is 0 Å². The predicted molar refractivity (Wildman–Crippen MR) is 74.3 cm³/mol. The van der Waals surface area contributed by atoms with Crippen molar-refractivity contribution in [3.05, 3.63) is 23.7 Å². The first-order chi connectivity index (χ1) is 8.47. The van der Waals surface area contributed by atoms with Crippen molar-refractivity contribution < 1.29 is 4.42 Å². The minimum atomic E-state index is -0.00590. The number of hydrogen-bond acceptors (Lipinski definition) is 3. The molecule has 2 rings (SSSR count). The Kier molecular flexibility index (Phi) is 4.13. The number of likely N-dealkylation sites (N-methyl/N-ethyl adjacent to an activating group) is 1. The molecule has 0 aromatic carbocycles. The van der Waals surface area contributed by atoms with Crippen LogP contribution in [0.15, 0.2) is 16.5 Å². The maximum atomic E-state index is 6.54. The van der Waals surface area contributed by atoms with Gasteiger partial charge in [0, 0.05) is 12.1 Å². The fourth-order valence-corrected chi connectivity index (χ4v) is 3.27. The first-order valence-electron chi connectivity index (χ1n) is 7.00. The van der Waals surface area contributed by atoms with E-state index in [0.29, 0.717) is 0 Å². The molecular formula is C15H26N2O. The van der Waals surface area contributed by atoms with Gasteiger partial charge in [-0.05, 0) is 44.9 Å². The van der Waals surface area contributed by atoms with E-state index in [-0.39, 0.29) is 5.54 Å². The van der Waals surface area contributed by atoms with E-state index in [9.17, 15) is 0 Å². The van der Waals surface area contributed by atoms with Gasteiger partial charge in [0.1, 0.15) is 11.5 Å². The van der Waals surface area contributed by atoms with Crippen molar-refractivity contribution in [2.75, 3.05) is 13.6 Å². The molecule has 0 saturated heterocycles. The summed E-state index contributed by atoms with van der Waals surface area (Å²) in [5.74, 6) is 2.78. The van der Waals surface area contributed by atoms with Crippen LogP contribution in [0, 0.1) is 12.8 Å². The summed E-state index contributed by atoms with van der Waals surface area (Å²) in [4.78, 5) is 2.29. The summed E-state index contributed by atoms with van der Waals surface area (Å²) < 4.78 is 5.61. The lowest BCUT2D eigenvalue weighted by Gasteiger charge is -2.39. The van der Waals surface area contributed by atoms with Crippen LogP contribution < -0.4 is 5.73 Å². The van der Waals surface area contributed by atoms with E-state index in [4.69, 9.17) is 10.2 Å². The third kappa shape index (κ3) is 3.59. The molecule has 3 nitrogen and oxygen atoms in total. The molecule has 0 bridgehead atoms. The fraction of sp³-hybridized carbons (Fsp3) is 0.733. The van der Waals surface area contributed by atoms with Gasteiger partial charge in [-0.3, -0.25) is 4.90 Å². The fourth-order valence-electron chi connectivity index (χ4n) is 3.27. The highest BCUT2D eigenvalue weighted by Gasteiger charge is 2.32. The van der Waals surface area contributed by atoms with E-state index in [1.165, 1.54) is 12.8 Å². The molecule has 3 heteroatoms. The monoisotopic (exact) mass is 250 g/mol. The number of rotatable bonds is 4. The lowest BCUT2D eigenvalue weighted by molar-refractivity contribution is 0.159. The van der Waals surface area contributed by atoms with Crippen LogP contribution in [-0.4, -0.2) is 24.0 Å². The molecule has 1 saturated carbocycles. The lowest BCUT2D eigenvalue weighted by atomic mass is 9.77. The summed E-state index contributed by atoms with van der Waals surface area (Å²) in [7, 11) is 2.13. The molecule has 1 aromatic rings. The average molecular weight is 250 g/mol. The smallest absolute Gasteiger partial charge is 0.118 e. The molecule has 0 aliphatic heterocycles. The second kappa shape index (κ2) is 5.45. The van der Waals surface area contributed by atoms with E-state index < -0.39 is 0 Å². The molecule has 1 aliphatic carbocycles. The number of hydrogen-bond donors (Lipinski definition) is 1. The SMILES string of the molecule is Cc1ccc(CN(C)CC2(N)CCCC(C)C2)o1. The maximum Gasteiger partial charge on any atom is 0.118 e. The standard InChI is InChI=1S/C15H26N2O/c1-12-5-4-8-15(16,9-12)11-17(3)10-14-7-6-13(2)18-14/h6-7,12H,4-5,8-11,16H2,1-3H3. The largest absolute Gasteiger partial charge is 0.465 e. The zero-order chi connectivity index (χ0) is 13.2. The molecule has 18 heavy (non-hydrogen) atoms. The van der Waals surface area contributed by atoms with Gasteiger partial charge < -0.3 is 10.2 Å². The van der Waals surface area contributed by atoms with Crippen molar-refractivity contribution in [1.29, 1.82) is 0 Å². The zero-order valence-electron chi connectivity index (χ0n) is 11.9. The Bertz CT molecular complexity index is 388. The molecule has 1 aromatic heterocycles. The zero-order valence-corrected chi connectivity index (χ0v) is 11.9. The third-order valence-electron chi connectivity index (χ3n) is 3.93. The van der Waals surface area contributed by atoms with Gasteiger partial charge in [-0.2, -0.15) is 0 Å². The number of nitrogens with zero attached hydrogens (tertiary/aromatic N) is 1. The van der Waals surface area contributed by atoms with E-state index in [1.807, 2.05) is 13.0 Å². The van der Waals surface area contributed by atoms with Gasteiger partial charge in [-0.25, -0.2) is 0 Å². The maximum absolute atomic E-state index is 6.54. The van der Waals surface area contributed by atoms with E-state index >= 15 is 0 Å². The molecule has 2 unspecified atom stereocenters. The Morgan fingerprint density at radius 3 is 2.89 bits per heavy atom. The molecule has 2 N–H and O–H groups in total. The summed E-state index contributed by atoms with van der Waals surface area (Å²) in [5.41, 5.74) is 6.53. The Morgan fingerprint density at radius 1 is 1.50 bits per heavy atom. The van der Waals surface area contributed by atoms with Crippen LogP contribution in [-0.2, 0) is 6.54 Å². The predicted octanol–water partition coefficient (Wildman–Crippen LogP) is 2.93. The second-order valence-electron chi connectivity index (χ2n) is 6.25. The molecule has 1 fully saturated rings. The summed E-state index contributed by atoms with van der Waals surface area (Å²) in [5, 5.41) is 0. The first-order valence-corrected chi connectivity index (χ1v) is 7.00. The molecule has 0 spiro atoms. The molecule has 0 radical (unpaired) electrons. The van der Waals surface area contributed by atoms with Crippen molar-refractivity contribution in [3.8, 4) is 0 Å². The van der Waals surface area contributed by atoms with E-state index in [1.54, 1.807) is 0 Å². The highest BCUT2D eigenvalue weighted by atomic mass is 16.3. The Labute approximate surface area is 110 Å². The minimum Gasteiger partial charge on any atom is -0.465 e. The molecule has 1 heterocycles. The van der Waals surface area contributed by atoms with Crippen molar-refractivity contribution in [2.45, 2.75) is 51.6 Å². The van der Waals surface area contributed by atoms with Crippen molar-refractivity contribution in [2.24, 2.45) is 11.7 Å². The molecular weight excluding hydrogens is 224 g/mol. The highest BCUT2D eigenvalue weighted by Crippen LogP contribution is 2.31. The van der Waals surface area contributed by atoms with E-state index in [2.05, 4.69) is 24.9 Å². The van der Waals surface area contributed by atoms with E-state index in [0.717, 1.165) is 43.4 Å². The third-order valence-corrected chi connectivity index (χ3v) is 3.93. The van der Waals surface area contributed by atoms with Crippen LogP contribution in [0.1, 0.15) is 44.1 Å². The van der Waals surface area contributed by atoms with Gasteiger partial charge in [0.2, 0.25) is 0 Å². The van der Waals surface area contributed by atoms with Crippen molar-refractivity contribution in [3.63, 3.8) is 0 Å². The molecule has 102 valence electrons. The van der Waals surface area contributed by atoms with Gasteiger partial charge in [-0.15, -0.1) is 0 Å². The Balaban J connectivity index is 1.88. The molecule has 1 aliphatic rings. The summed E-state index contributed by atoms with van der Waals surface area (Å²) in [6.45, 7) is 6.10. The first kappa shape index (κ1) is 13.6. The number of aryl methyl sites for hydroxylation is 1. The Morgan fingerprint density at radius 2 is 2.28 bits per heavy atom. The van der Waals surface area contributed by atoms with Crippen LogP contribution in [0.5, 0.6) is 0 Å². The lowest BCUT2D eigenvalue weighted by Crippen LogP contribution is -2.51. The van der Waals surface area contributed by atoms with Crippen LogP contribution in [0.3, 0.4) is 0 Å². The topological polar surface area (TPSA) is 42.4 Å². The summed E-state index contributed by atoms with van der Waals surface area (Å²) in [6, 6.07) is 4.07. The second-order valence-corrected chi connectivity index (χ2v) is 6.25. The quantitative estimate of drug-likeness (QED) is 0.893. The van der Waals surface area contributed by atoms with Gasteiger partial charge in [-0.1, -0.05) is 19.8 Å². The van der Waals surface area contributed by atoms with Crippen molar-refractivity contribution in [1.82, 2.24) is 4.90 Å².